The van der Waals surface area contributed by atoms with Crippen molar-refractivity contribution in [1.82, 2.24) is 15.1 Å². The molecule has 1 rings (SSSR count). The number of amides is 1. The minimum Gasteiger partial charge on any atom is -0.368 e. The Morgan fingerprint density at radius 2 is 2.11 bits per heavy atom. The van der Waals surface area contributed by atoms with E-state index in [1.54, 1.807) is 0 Å². The van der Waals surface area contributed by atoms with Gasteiger partial charge in [-0.1, -0.05) is 27.7 Å². The Hall–Kier alpha value is -1.36. The third-order valence-electron chi connectivity index (χ3n) is 2.87. The van der Waals surface area contributed by atoms with E-state index < -0.39 is 0 Å². The summed E-state index contributed by atoms with van der Waals surface area (Å²) in [6, 6.07) is 1.93. The van der Waals surface area contributed by atoms with Crippen LogP contribution < -0.4 is 11.1 Å². The highest BCUT2D eigenvalue weighted by atomic mass is 16.1. The zero-order chi connectivity index (χ0) is 13.7. The summed E-state index contributed by atoms with van der Waals surface area (Å²) < 4.78 is 1.89. The molecule has 1 heterocycles. The molecule has 3 N–H and O–H groups in total. The number of carbonyl (C=O) groups excluding carboxylic acids is 1. The number of rotatable bonds is 7. The van der Waals surface area contributed by atoms with Crippen LogP contribution >= 0.6 is 0 Å². The highest BCUT2D eigenvalue weighted by Gasteiger charge is 2.18. The fourth-order valence-corrected chi connectivity index (χ4v) is 1.93. The van der Waals surface area contributed by atoms with Crippen molar-refractivity contribution >= 4 is 5.91 Å². The maximum absolute atomic E-state index is 11.4. The van der Waals surface area contributed by atoms with Crippen molar-refractivity contribution in [3.8, 4) is 0 Å². The van der Waals surface area contributed by atoms with Gasteiger partial charge in [-0.05, 0) is 18.9 Å². The minimum atomic E-state index is -0.375. The van der Waals surface area contributed by atoms with Gasteiger partial charge in [0.1, 0.15) is 6.04 Å². The minimum absolute atomic E-state index is 0.216. The predicted octanol–water partition coefficient (Wildman–Crippen LogP) is 0.860. The summed E-state index contributed by atoms with van der Waals surface area (Å²) in [5.74, 6) is -0.334. The van der Waals surface area contributed by atoms with Crippen molar-refractivity contribution in [3.05, 3.63) is 17.5 Å². The van der Waals surface area contributed by atoms with Crippen LogP contribution in [0.4, 0.5) is 0 Å². The summed E-state index contributed by atoms with van der Waals surface area (Å²) in [6.45, 7) is 8.65. The van der Waals surface area contributed by atoms with Crippen molar-refractivity contribution in [2.75, 3.05) is 0 Å². The molecular formula is C13H24N4O. The van der Waals surface area contributed by atoms with Crippen LogP contribution in [0.1, 0.15) is 39.1 Å². The first-order chi connectivity index (χ1) is 8.47. The molecule has 102 valence electrons. The SMILES string of the molecule is CCc1cc(CC)n(CC(NC(C)C)C(N)=O)n1. The number of carbonyl (C=O) groups is 1. The fraction of sp³-hybridized carbons (Fsp3) is 0.692. The lowest BCUT2D eigenvalue weighted by molar-refractivity contribution is -0.120. The van der Waals surface area contributed by atoms with Gasteiger partial charge >= 0.3 is 0 Å². The van der Waals surface area contributed by atoms with Crippen molar-refractivity contribution in [2.24, 2.45) is 5.73 Å². The average molecular weight is 252 g/mol. The summed E-state index contributed by atoms with van der Waals surface area (Å²) in [5.41, 5.74) is 7.62. The van der Waals surface area contributed by atoms with E-state index in [4.69, 9.17) is 5.73 Å². The van der Waals surface area contributed by atoms with Gasteiger partial charge in [-0.2, -0.15) is 5.10 Å². The number of aryl methyl sites for hydroxylation is 2. The maximum atomic E-state index is 11.4. The van der Waals surface area contributed by atoms with Gasteiger partial charge in [-0.25, -0.2) is 0 Å². The molecule has 0 bridgehead atoms. The van der Waals surface area contributed by atoms with Gasteiger partial charge in [-0.15, -0.1) is 0 Å². The number of nitrogens with one attached hydrogen (secondary N) is 1. The maximum Gasteiger partial charge on any atom is 0.236 e. The Morgan fingerprint density at radius 1 is 1.44 bits per heavy atom. The van der Waals surface area contributed by atoms with Crippen LogP contribution in [0.25, 0.3) is 0 Å². The Balaban J connectivity index is 2.85. The van der Waals surface area contributed by atoms with Crippen LogP contribution in [0, 0.1) is 0 Å². The molecule has 1 amide bonds. The average Bonchev–Trinajstić information content (AvgIpc) is 2.69. The molecule has 0 saturated heterocycles. The number of hydrogen-bond donors (Lipinski definition) is 2. The number of nitrogens with two attached hydrogens (primary N) is 1. The Morgan fingerprint density at radius 3 is 2.56 bits per heavy atom. The molecule has 1 unspecified atom stereocenters. The second-order valence-electron chi connectivity index (χ2n) is 4.79. The van der Waals surface area contributed by atoms with Gasteiger partial charge in [0.25, 0.3) is 0 Å². The smallest absolute Gasteiger partial charge is 0.236 e. The van der Waals surface area contributed by atoms with E-state index in [1.807, 2.05) is 18.5 Å². The third-order valence-corrected chi connectivity index (χ3v) is 2.87. The van der Waals surface area contributed by atoms with Crippen molar-refractivity contribution < 1.29 is 4.79 Å². The first-order valence-corrected chi connectivity index (χ1v) is 6.58. The zero-order valence-corrected chi connectivity index (χ0v) is 11.7. The summed E-state index contributed by atoms with van der Waals surface area (Å²) in [4.78, 5) is 11.4. The summed E-state index contributed by atoms with van der Waals surface area (Å²) in [5, 5.41) is 7.67. The second-order valence-corrected chi connectivity index (χ2v) is 4.79. The van der Waals surface area contributed by atoms with Gasteiger partial charge in [0.05, 0.1) is 12.2 Å². The lowest BCUT2D eigenvalue weighted by Gasteiger charge is -2.19. The molecule has 1 aromatic rings. The highest BCUT2D eigenvalue weighted by molar-refractivity contribution is 5.79. The molecular weight excluding hydrogens is 228 g/mol. The van der Waals surface area contributed by atoms with Crippen molar-refractivity contribution in [3.63, 3.8) is 0 Å². The monoisotopic (exact) mass is 252 g/mol. The van der Waals surface area contributed by atoms with E-state index in [-0.39, 0.29) is 18.0 Å². The highest BCUT2D eigenvalue weighted by Crippen LogP contribution is 2.07. The number of hydrogen-bond acceptors (Lipinski definition) is 3. The lowest BCUT2D eigenvalue weighted by Crippen LogP contribution is -2.47. The molecule has 0 saturated carbocycles. The van der Waals surface area contributed by atoms with Crippen LogP contribution in [0.15, 0.2) is 6.07 Å². The molecule has 0 radical (unpaired) electrons. The van der Waals surface area contributed by atoms with Gasteiger partial charge in [0.15, 0.2) is 0 Å². The van der Waals surface area contributed by atoms with Gasteiger partial charge in [-0.3, -0.25) is 9.48 Å². The molecule has 5 heteroatoms. The lowest BCUT2D eigenvalue weighted by atomic mass is 10.2. The van der Waals surface area contributed by atoms with Crippen LogP contribution in [-0.2, 0) is 24.2 Å². The fourth-order valence-electron chi connectivity index (χ4n) is 1.93. The van der Waals surface area contributed by atoms with Crippen LogP contribution in [-0.4, -0.2) is 27.8 Å². The second kappa shape index (κ2) is 6.54. The van der Waals surface area contributed by atoms with Crippen LogP contribution in [0.2, 0.25) is 0 Å². The Bertz CT molecular complexity index is 398. The predicted molar refractivity (Wildman–Crippen MR) is 72.2 cm³/mol. The van der Waals surface area contributed by atoms with E-state index in [0.29, 0.717) is 6.54 Å². The number of aromatic nitrogens is 2. The molecule has 0 spiro atoms. The molecule has 1 atom stereocenters. The molecule has 0 aliphatic carbocycles. The van der Waals surface area contributed by atoms with Gasteiger partial charge in [0, 0.05) is 11.7 Å². The van der Waals surface area contributed by atoms with E-state index in [0.717, 1.165) is 24.2 Å². The third kappa shape index (κ3) is 3.84. The normalized spacial score (nSPS) is 12.9. The molecule has 5 nitrogen and oxygen atoms in total. The summed E-state index contributed by atoms with van der Waals surface area (Å²) >= 11 is 0. The quantitative estimate of drug-likeness (QED) is 0.756. The molecule has 0 aliphatic heterocycles. The summed E-state index contributed by atoms with van der Waals surface area (Å²) in [6.07, 6.45) is 1.80. The number of nitrogens with zero attached hydrogens (tertiary/aromatic N) is 2. The van der Waals surface area contributed by atoms with Crippen molar-refractivity contribution in [1.29, 1.82) is 0 Å². The van der Waals surface area contributed by atoms with E-state index in [2.05, 4.69) is 30.3 Å². The molecule has 1 aromatic heterocycles. The molecule has 0 aromatic carbocycles. The van der Waals surface area contributed by atoms with E-state index in [1.165, 1.54) is 0 Å². The first-order valence-electron chi connectivity index (χ1n) is 6.58. The van der Waals surface area contributed by atoms with Gasteiger partial charge in [0.2, 0.25) is 5.91 Å². The van der Waals surface area contributed by atoms with Crippen LogP contribution in [0.3, 0.4) is 0 Å². The largest absolute Gasteiger partial charge is 0.368 e. The zero-order valence-electron chi connectivity index (χ0n) is 11.7. The Kier molecular flexibility index (Phi) is 5.34. The van der Waals surface area contributed by atoms with Crippen molar-refractivity contribution in [2.45, 2.75) is 59.2 Å². The number of primary amides is 1. The standard InChI is InChI=1S/C13H24N4O/c1-5-10-7-11(6-2)17(16-10)8-12(13(14)18)15-9(3)4/h7,9,12,15H,5-6,8H2,1-4H3,(H2,14,18). The topological polar surface area (TPSA) is 72.9 Å². The molecule has 0 fully saturated rings. The van der Waals surface area contributed by atoms with E-state index in [9.17, 15) is 4.79 Å². The molecule has 18 heavy (non-hydrogen) atoms. The Labute approximate surface area is 109 Å². The molecule has 0 aliphatic rings. The van der Waals surface area contributed by atoms with E-state index >= 15 is 0 Å². The first kappa shape index (κ1) is 14.7. The van der Waals surface area contributed by atoms with Gasteiger partial charge < -0.3 is 11.1 Å². The van der Waals surface area contributed by atoms with Crippen LogP contribution in [0.5, 0.6) is 0 Å². The summed E-state index contributed by atoms with van der Waals surface area (Å²) in [7, 11) is 0.